The summed E-state index contributed by atoms with van der Waals surface area (Å²) in [6.07, 6.45) is 5.63. The minimum absolute atomic E-state index is 0.129. The van der Waals surface area contributed by atoms with E-state index < -0.39 is 0 Å². The Balaban J connectivity index is 1.92. The van der Waals surface area contributed by atoms with Crippen LogP contribution >= 0.6 is 11.5 Å². The summed E-state index contributed by atoms with van der Waals surface area (Å²) in [6.45, 7) is 1.94. The van der Waals surface area contributed by atoms with E-state index in [4.69, 9.17) is 0 Å². The van der Waals surface area contributed by atoms with Crippen LogP contribution in [-0.2, 0) is 11.3 Å². The monoisotopic (exact) mass is 277 g/mol. The molecule has 0 aromatic carbocycles. The van der Waals surface area contributed by atoms with Gasteiger partial charge in [-0.1, -0.05) is 12.8 Å². The number of aromatic nitrogens is 3. The molecular formula is C13H15N3O2S. The van der Waals surface area contributed by atoms with Gasteiger partial charge in [0.25, 0.3) is 5.56 Å². The number of hydrogen-bond donors (Lipinski definition) is 0. The molecule has 3 rings (SSSR count). The van der Waals surface area contributed by atoms with Crippen LogP contribution in [0.15, 0.2) is 11.1 Å². The Labute approximate surface area is 114 Å². The zero-order valence-corrected chi connectivity index (χ0v) is 11.6. The molecule has 19 heavy (non-hydrogen) atoms. The van der Waals surface area contributed by atoms with E-state index in [-0.39, 0.29) is 23.8 Å². The predicted molar refractivity (Wildman–Crippen MR) is 73.4 cm³/mol. The first-order valence-corrected chi connectivity index (χ1v) is 7.28. The smallest absolute Gasteiger partial charge is 0.264 e. The van der Waals surface area contributed by atoms with Crippen LogP contribution in [0.5, 0.6) is 0 Å². The number of fused-ring (bicyclic) bond motifs is 1. The summed E-state index contributed by atoms with van der Waals surface area (Å²) >= 11 is 1.22. The van der Waals surface area contributed by atoms with Crippen LogP contribution in [0, 0.1) is 12.8 Å². The van der Waals surface area contributed by atoms with Crippen molar-refractivity contribution in [1.82, 2.24) is 13.9 Å². The largest absolute Gasteiger partial charge is 0.297 e. The minimum atomic E-state index is -0.150. The second-order valence-electron chi connectivity index (χ2n) is 5.07. The first-order chi connectivity index (χ1) is 9.16. The van der Waals surface area contributed by atoms with E-state index in [0.29, 0.717) is 15.9 Å². The summed E-state index contributed by atoms with van der Waals surface area (Å²) in [7, 11) is 0. The lowest BCUT2D eigenvalue weighted by atomic mass is 10.0. The fourth-order valence-corrected chi connectivity index (χ4v) is 3.40. The summed E-state index contributed by atoms with van der Waals surface area (Å²) in [5, 5.41) is 0.548. The SMILES string of the molecule is Cc1nsc2ncn(CC(=O)C3CCCC3)c(=O)c12. The third-order valence-corrected chi connectivity index (χ3v) is 4.62. The fourth-order valence-electron chi connectivity index (χ4n) is 2.67. The highest BCUT2D eigenvalue weighted by Crippen LogP contribution is 2.25. The maximum atomic E-state index is 12.3. The Morgan fingerprint density at radius 1 is 1.47 bits per heavy atom. The topological polar surface area (TPSA) is 64.8 Å². The van der Waals surface area contributed by atoms with Crippen LogP contribution in [0.4, 0.5) is 0 Å². The molecule has 0 atom stereocenters. The average Bonchev–Trinajstić information content (AvgIpc) is 3.03. The molecule has 1 saturated carbocycles. The van der Waals surface area contributed by atoms with Gasteiger partial charge in [0.05, 0.1) is 24.0 Å². The summed E-state index contributed by atoms with van der Waals surface area (Å²) in [4.78, 5) is 29.3. The van der Waals surface area contributed by atoms with E-state index in [1.54, 1.807) is 6.92 Å². The molecule has 100 valence electrons. The Bertz CT molecular complexity index is 683. The predicted octanol–water partition coefficient (Wildman–Crippen LogP) is 1.92. The second-order valence-corrected chi connectivity index (χ2v) is 5.83. The van der Waals surface area contributed by atoms with Crippen molar-refractivity contribution < 1.29 is 4.79 Å². The number of ketones is 1. The number of nitrogens with zero attached hydrogens (tertiary/aromatic N) is 3. The van der Waals surface area contributed by atoms with Crippen LogP contribution in [0.2, 0.25) is 0 Å². The van der Waals surface area contributed by atoms with E-state index in [1.807, 2.05) is 0 Å². The number of rotatable bonds is 3. The van der Waals surface area contributed by atoms with Crippen molar-refractivity contribution in [1.29, 1.82) is 0 Å². The second kappa shape index (κ2) is 4.85. The number of carbonyl (C=O) groups excluding carboxylic acids is 1. The van der Waals surface area contributed by atoms with E-state index in [0.717, 1.165) is 25.7 Å². The highest BCUT2D eigenvalue weighted by atomic mass is 32.1. The summed E-state index contributed by atoms with van der Waals surface area (Å²) < 4.78 is 5.56. The molecule has 5 nitrogen and oxygen atoms in total. The molecule has 2 aromatic heterocycles. The average molecular weight is 277 g/mol. The van der Waals surface area contributed by atoms with E-state index >= 15 is 0 Å². The number of hydrogen-bond acceptors (Lipinski definition) is 5. The van der Waals surface area contributed by atoms with E-state index in [2.05, 4.69) is 9.36 Å². The fraction of sp³-hybridized carbons (Fsp3) is 0.538. The molecule has 1 aliphatic rings. The zero-order chi connectivity index (χ0) is 13.4. The normalized spacial score (nSPS) is 16.3. The van der Waals surface area contributed by atoms with Gasteiger partial charge in [-0.25, -0.2) is 4.98 Å². The van der Waals surface area contributed by atoms with Gasteiger partial charge >= 0.3 is 0 Å². The first kappa shape index (κ1) is 12.5. The van der Waals surface area contributed by atoms with Crippen LogP contribution in [0.1, 0.15) is 31.4 Å². The van der Waals surface area contributed by atoms with Crippen molar-refractivity contribution in [2.75, 3.05) is 0 Å². The highest BCUT2D eigenvalue weighted by molar-refractivity contribution is 7.12. The van der Waals surface area contributed by atoms with Crippen LogP contribution < -0.4 is 5.56 Å². The first-order valence-electron chi connectivity index (χ1n) is 6.51. The molecule has 0 amide bonds. The maximum absolute atomic E-state index is 12.3. The van der Waals surface area contributed by atoms with Crippen molar-refractivity contribution in [3.63, 3.8) is 0 Å². The van der Waals surface area contributed by atoms with Crippen LogP contribution in [-0.4, -0.2) is 19.7 Å². The summed E-state index contributed by atoms with van der Waals surface area (Å²) in [6, 6.07) is 0. The Morgan fingerprint density at radius 2 is 2.21 bits per heavy atom. The van der Waals surface area contributed by atoms with Crippen molar-refractivity contribution >= 4 is 27.5 Å². The molecule has 0 bridgehead atoms. The van der Waals surface area contributed by atoms with Gasteiger partial charge in [0.15, 0.2) is 10.6 Å². The van der Waals surface area contributed by atoms with Crippen molar-refractivity contribution in [2.45, 2.75) is 39.2 Å². The number of aryl methyl sites for hydroxylation is 1. The van der Waals surface area contributed by atoms with Gasteiger partial charge < -0.3 is 0 Å². The van der Waals surface area contributed by atoms with Gasteiger partial charge in [-0.15, -0.1) is 0 Å². The summed E-state index contributed by atoms with van der Waals surface area (Å²) in [5.41, 5.74) is 0.544. The molecule has 0 saturated heterocycles. The van der Waals surface area contributed by atoms with Crippen LogP contribution in [0.3, 0.4) is 0 Å². The van der Waals surface area contributed by atoms with E-state index in [9.17, 15) is 9.59 Å². The molecule has 0 aliphatic heterocycles. The molecular weight excluding hydrogens is 262 g/mol. The van der Waals surface area contributed by atoms with Gasteiger partial charge in [-0.05, 0) is 31.3 Å². The summed E-state index contributed by atoms with van der Waals surface area (Å²) in [5.74, 6) is 0.283. The Hall–Kier alpha value is -1.56. The number of Topliss-reactive ketones (excluding diaryl/α,β-unsaturated/α-hetero) is 1. The van der Waals surface area contributed by atoms with Gasteiger partial charge in [-0.3, -0.25) is 14.2 Å². The quantitative estimate of drug-likeness (QED) is 0.859. The lowest BCUT2D eigenvalue weighted by molar-refractivity contribution is -0.123. The maximum Gasteiger partial charge on any atom is 0.264 e. The molecule has 2 aromatic rings. The van der Waals surface area contributed by atoms with E-state index in [1.165, 1.54) is 22.4 Å². The molecule has 0 spiro atoms. The van der Waals surface area contributed by atoms with Gasteiger partial charge in [0, 0.05) is 5.92 Å². The van der Waals surface area contributed by atoms with Crippen molar-refractivity contribution in [3.05, 3.63) is 22.4 Å². The molecule has 0 unspecified atom stereocenters. The lowest BCUT2D eigenvalue weighted by Crippen LogP contribution is -2.27. The standard InChI is InChI=1S/C13H15N3O2S/c1-8-11-12(19-15-8)14-7-16(13(11)18)6-10(17)9-4-2-3-5-9/h7,9H,2-6H2,1H3. The Kier molecular flexibility index (Phi) is 3.18. The molecule has 1 aliphatic carbocycles. The molecule has 0 N–H and O–H groups in total. The highest BCUT2D eigenvalue weighted by Gasteiger charge is 2.23. The molecule has 0 radical (unpaired) electrons. The third kappa shape index (κ3) is 2.20. The molecule has 2 heterocycles. The van der Waals surface area contributed by atoms with Crippen LogP contribution in [0.25, 0.3) is 10.2 Å². The van der Waals surface area contributed by atoms with Gasteiger partial charge in [0.2, 0.25) is 0 Å². The third-order valence-electron chi connectivity index (χ3n) is 3.77. The zero-order valence-electron chi connectivity index (χ0n) is 10.8. The number of carbonyl (C=O) groups is 1. The Morgan fingerprint density at radius 3 is 2.95 bits per heavy atom. The molecule has 1 fully saturated rings. The van der Waals surface area contributed by atoms with Gasteiger partial charge in [0.1, 0.15) is 0 Å². The van der Waals surface area contributed by atoms with Crippen molar-refractivity contribution in [3.8, 4) is 0 Å². The van der Waals surface area contributed by atoms with Gasteiger partial charge in [-0.2, -0.15) is 4.37 Å². The molecule has 6 heteroatoms. The lowest BCUT2D eigenvalue weighted by Gasteiger charge is -2.09. The minimum Gasteiger partial charge on any atom is -0.297 e. The van der Waals surface area contributed by atoms with Crippen molar-refractivity contribution in [2.24, 2.45) is 5.92 Å².